The van der Waals surface area contributed by atoms with Gasteiger partial charge in [0, 0.05) is 5.39 Å². The third-order valence-electron chi connectivity index (χ3n) is 4.66. The Morgan fingerprint density at radius 1 is 1.14 bits per heavy atom. The predicted octanol–water partition coefficient (Wildman–Crippen LogP) is 3.36. The monoisotopic (exact) mass is 420 g/mol. The van der Waals surface area contributed by atoms with E-state index < -0.39 is 40.4 Å². The van der Waals surface area contributed by atoms with E-state index in [4.69, 9.17) is 5.11 Å². The number of benzene rings is 3. The van der Waals surface area contributed by atoms with Crippen LogP contribution in [0, 0.1) is 5.82 Å². The van der Waals surface area contributed by atoms with Crippen LogP contribution in [0.4, 0.5) is 10.1 Å². The van der Waals surface area contributed by atoms with E-state index in [1.54, 1.807) is 24.3 Å². The number of hydrogen-bond donors (Lipinski definition) is 6. The van der Waals surface area contributed by atoms with E-state index in [0.29, 0.717) is 16.5 Å². The summed E-state index contributed by atoms with van der Waals surface area (Å²) in [6.45, 7) is -0.335. The first kappa shape index (κ1) is 19.4. The summed E-state index contributed by atoms with van der Waals surface area (Å²) >= 11 is 0. The zero-order valence-corrected chi connectivity index (χ0v) is 15.6. The average molecular weight is 420 g/mol. The van der Waals surface area contributed by atoms with Crippen molar-refractivity contribution in [3.63, 3.8) is 0 Å². The summed E-state index contributed by atoms with van der Waals surface area (Å²) < 4.78 is 38.4. The lowest BCUT2D eigenvalue weighted by Crippen LogP contribution is -2.26. The molecule has 10 heteroatoms. The zero-order chi connectivity index (χ0) is 20.9. The summed E-state index contributed by atoms with van der Waals surface area (Å²) in [7, 11) is -3.71. The molecule has 0 radical (unpaired) electrons. The Balaban J connectivity index is 1.87. The molecule has 152 valence electrons. The minimum atomic E-state index is -3.71. The molecule has 0 aliphatic carbocycles. The number of hydrogen-bond acceptors (Lipinski definition) is 7. The largest absolute Gasteiger partial charge is 0.506 e. The van der Waals surface area contributed by atoms with E-state index in [0.717, 1.165) is 4.31 Å². The highest BCUT2D eigenvalue weighted by atomic mass is 32.3. The van der Waals surface area contributed by atoms with Gasteiger partial charge in [-0.15, -0.1) is 0 Å². The van der Waals surface area contributed by atoms with Crippen LogP contribution in [-0.4, -0.2) is 43.2 Å². The van der Waals surface area contributed by atoms with Gasteiger partial charge in [-0.3, -0.25) is 9.11 Å². The fourth-order valence-electron chi connectivity index (χ4n) is 3.34. The van der Waals surface area contributed by atoms with Gasteiger partial charge in [-0.05, 0) is 40.8 Å². The summed E-state index contributed by atoms with van der Waals surface area (Å²) in [6, 6.07) is 12.2. The molecule has 0 amide bonds. The van der Waals surface area contributed by atoms with Gasteiger partial charge in [0.2, 0.25) is 0 Å². The second-order valence-corrected chi connectivity index (χ2v) is 8.31. The number of fused-ring (bicyclic) bond motifs is 1. The quantitative estimate of drug-likeness (QED) is 0.380. The average Bonchev–Trinajstić information content (AvgIpc) is 2.93. The third kappa shape index (κ3) is 3.37. The number of aromatic carboxylic acids is 1. The molecule has 1 unspecified atom stereocenters. The van der Waals surface area contributed by atoms with Crippen LogP contribution in [0.25, 0.3) is 21.9 Å². The second-order valence-electron chi connectivity index (χ2n) is 6.59. The summed E-state index contributed by atoms with van der Waals surface area (Å²) in [6.07, 6.45) is -1.31. The molecule has 0 aromatic heterocycles. The first-order valence-corrected chi connectivity index (χ1v) is 9.98. The zero-order valence-electron chi connectivity index (χ0n) is 14.8. The minimum Gasteiger partial charge on any atom is -0.506 e. The maximum Gasteiger partial charge on any atom is 0.335 e. The van der Waals surface area contributed by atoms with Crippen molar-refractivity contribution in [2.45, 2.75) is 6.23 Å². The summed E-state index contributed by atoms with van der Waals surface area (Å²) in [5.74, 6) is -2.49. The number of aliphatic hydroxyl groups is 1. The lowest BCUT2D eigenvalue weighted by molar-refractivity contribution is 0.0697. The Morgan fingerprint density at radius 2 is 1.86 bits per heavy atom. The topological polar surface area (TPSA) is 133 Å². The van der Waals surface area contributed by atoms with Crippen molar-refractivity contribution >= 4 is 33.4 Å². The van der Waals surface area contributed by atoms with E-state index >= 15 is 4.39 Å². The number of halogens is 1. The molecule has 1 fully saturated rings. The van der Waals surface area contributed by atoms with Gasteiger partial charge >= 0.3 is 5.97 Å². The minimum absolute atomic E-state index is 0.0838. The second kappa shape index (κ2) is 6.87. The van der Waals surface area contributed by atoms with E-state index in [9.17, 15) is 24.1 Å². The molecular formula is C19H17FN2O6S. The molecule has 0 bridgehead atoms. The number of carboxylic acids is 1. The van der Waals surface area contributed by atoms with Crippen LogP contribution < -0.4 is 9.03 Å². The van der Waals surface area contributed by atoms with Crippen LogP contribution in [0.15, 0.2) is 48.5 Å². The molecule has 1 heterocycles. The van der Waals surface area contributed by atoms with Crippen molar-refractivity contribution in [1.82, 2.24) is 4.72 Å². The number of carboxylic acid groups (broad SMARTS) is 1. The molecule has 3 aromatic carbocycles. The normalized spacial score (nSPS) is 19.4. The molecule has 1 aliphatic heterocycles. The van der Waals surface area contributed by atoms with E-state index in [-0.39, 0.29) is 17.5 Å². The maximum absolute atomic E-state index is 15.3. The van der Waals surface area contributed by atoms with Crippen molar-refractivity contribution in [1.29, 1.82) is 0 Å². The van der Waals surface area contributed by atoms with Crippen LogP contribution in [0.1, 0.15) is 10.4 Å². The summed E-state index contributed by atoms with van der Waals surface area (Å²) in [5.41, 5.74) is 0.740. The first-order valence-electron chi connectivity index (χ1n) is 8.47. The van der Waals surface area contributed by atoms with Gasteiger partial charge in [0.1, 0.15) is 17.7 Å². The molecule has 1 atom stereocenters. The van der Waals surface area contributed by atoms with Crippen molar-refractivity contribution in [3.8, 4) is 16.9 Å². The van der Waals surface area contributed by atoms with Crippen LogP contribution in [0.5, 0.6) is 5.75 Å². The van der Waals surface area contributed by atoms with Gasteiger partial charge in [0.15, 0.2) is 5.82 Å². The lowest BCUT2D eigenvalue weighted by atomic mass is 9.99. The number of nitrogens with zero attached hydrogens (tertiary/aromatic N) is 1. The highest BCUT2D eigenvalue weighted by Crippen LogP contribution is 2.51. The molecule has 0 spiro atoms. The molecular weight excluding hydrogens is 403 g/mol. The standard InChI is InChI=1S/C19H17FN2O6S/c20-17-14-7-11(10-2-1-3-13(6-10)19(25)26)4-5-12(14)8-15(23)18(17)22-9-16(24)21-29(22,27)28/h1-8,16,21,23-24,27-28H,9H2,(H,25,26). The van der Waals surface area contributed by atoms with E-state index in [1.165, 1.54) is 24.3 Å². The Hall–Kier alpha value is -2.89. The van der Waals surface area contributed by atoms with Gasteiger partial charge in [-0.2, -0.15) is 4.72 Å². The fraction of sp³-hybridized carbons (Fsp3) is 0.105. The van der Waals surface area contributed by atoms with Crippen LogP contribution in [-0.2, 0) is 0 Å². The molecule has 1 saturated heterocycles. The number of anilines is 1. The number of rotatable bonds is 3. The molecule has 0 saturated carbocycles. The van der Waals surface area contributed by atoms with Crippen molar-refractivity contribution < 1.29 is 33.6 Å². The van der Waals surface area contributed by atoms with Crippen molar-refractivity contribution in [2.75, 3.05) is 10.8 Å². The number of phenols is 1. The number of aromatic hydroxyl groups is 1. The van der Waals surface area contributed by atoms with Gasteiger partial charge < -0.3 is 15.3 Å². The predicted molar refractivity (Wildman–Crippen MR) is 107 cm³/mol. The van der Waals surface area contributed by atoms with Crippen molar-refractivity contribution in [3.05, 3.63) is 59.9 Å². The number of aliphatic hydroxyl groups excluding tert-OH is 1. The number of β-amino-alcohol motifs (C(OH)–C–C–N with tert-alkyl or cyclic N) is 1. The van der Waals surface area contributed by atoms with E-state index in [1.807, 2.05) is 0 Å². The smallest absolute Gasteiger partial charge is 0.335 e. The Bertz CT molecular complexity index is 1140. The van der Waals surface area contributed by atoms with Crippen LogP contribution in [0.2, 0.25) is 0 Å². The number of phenolic OH excluding ortho intramolecular Hbond substituents is 1. The fourth-order valence-corrected chi connectivity index (χ4v) is 4.68. The number of nitrogens with one attached hydrogen (secondary N) is 1. The Labute approximate surface area is 166 Å². The Morgan fingerprint density at radius 3 is 2.52 bits per heavy atom. The molecule has 3 aromatic rings. The first-order chi connectivity index (χ1) is 13.7. The highest BCUT2D eigenvalue weighted by molar-refractivity contribution is 8.24. The SMILES string of the molecule is O=C(O)c1cccc(-c2ccc3cc(O)c(N4CC(O)NS4(O)O)c(F)c3c2)c1. The third-order valence-corrected chi connectivity index (χ3v) is 6.20. The van der Waals surface area contributed by atoms with Crippen molar-refractivity contribution in [2.24, 2.45) is 0 Å². The molecule has 8 nitrogen and oxygen atoms in total. The summed E-state index contributed by atoms with van der Waals surface area (Å²) in [5, 5.41) is 29.6. The van der Waals surface area contributed by atoms with E-state index in [2.05, 4.69) is 4.72 Å². The lowest BCUT2D eigenvalue weighted by Gasteiger charge is -2.37. The molecule has 4 rings (SSSR count). The maximum atomic E-state index is 15.3. The Kier molecular flexibility index (Phi) is 4.60. The molecule has 1 aliphatic rings. The van der Waals surface area contributed by atoms with Gasteiger partial charge in [-0.1, -0.05) is 35.2 Å². The molecule has 29 heavy (non-hydrogen) atoms. The number of carbonyl (C=O) groups is 1. The summed E-state index contributed by atoms with van der Waals surface area (Å²) in [4.78, 5) is 11.2. The van der Waals surface area contributed by atoms with Gasteiger partial charge in [-0.25, -0.2) is 13.5 Å². The van der Waals surface area contributed by atoms with Crippen LogP contribution in [0.3, 0.4) is 0 Å². The van der Waals surface area contributed by atoms with Gasteiger partial charge in [0.25, 0.3) is 0 Å². The molecule has 6 N–H and O–H groups in total. The van der Waals surface area contributed by atoms with Crippen LogP contribution >= 0.6 is 11.0 Å². The highest BCUT2D eigenvalue weighted by Gasteiger charge is 2.38. The van der Waals surface area contributed by atoms with Gasteiger partial charge in [0.05, 0.1) is 12.1 Å².